The number of aryl methyl sites for hydroxylation is 1. The fraction of sp³-hybridized carbons (Fsp3) is 0.667. The van der Waals surface area contributed by atoms with E-state index in [2.05, 4.69) is 9.97 Å². The van der Waals surface area contributed by atoms with Crippen LogP contribution in [-0.2, 0) is 0 Å². The van der Waals surface area contributed by atoms with Crippen LogP contribution in [0.4, 0.5) is 13.2 Å². The van der Waals surface area contributed by atoms with Crippen molar-refractivity contribution >= 4 is 11.6 Å². The predicted octanol–water partition coefficient (Wildman–Crippen LogP) is 3.94. The highest BCUT2D eigenvalue weighted by Gasteiger charge is 2.41. The fourth-order valence-corrected chi connectivity index (χ4v) is 2.31. The number of hydrogen-bond donors (Lipinski definition) is 0. The van der Waals surface area contributed by atoms with Gasteiger partial charge >= 0.3 is 6.18 Å². The van der Waals surface area contributed by atoms with E-state index >= 15 is 0 Å². The van der Waals surface area contributed by atoms with Crippen molar-refractivity contribution < 1.29 is 22.0 Å². The summed E-state index contributed by atoms with van der Waals surface area (Å²) >= 11 is 5.73. The smallest absolute Gasteiger partial charge is 0.391 e. The highest BCUT2D eigenvalue weighted by atomic mass is 35.5. The molecule has 0 aromatic carbocycles. The summed E-state index contributed by atoms with van der Waals surface area (Å²) in [5, 5.41) is -0.0832. The summed E-state index contributed by atoms with van der Waals surface area (Å²) in [7, 11) is 0. The molecule has 1 aromatic heterocycles. The van der Waals surface area contributed by atoms with Crippen molar-refractivity contribution in [3.05, 3.63) is 17.0 Å². The molecule has 1 aromatic rings. The molecule has 2 rings (SSSR count). The van der Waals surface area contributed by atoms with Crippen LogP contribution in [0.2, 0.25) is 5.15 Å². The quantitative estimate of drug-likeness (QED) is 0.776. The van der Waals surface area contributed by atoms with E-state index in [4.69, 9.17) is 20.5 Å². The highest BCUT2D eigenvalue weighted by Crippen LogP contribution is 2.38. The largest absolute Gasteiger partial charge is 0.474 e. The molecule has 1 saturated carbocycles. The van der Waals surface area contributed by atoms with Gasteiger partial charge in [-0.05, 0) is 32.5 Å². The van der Waals surface area contributed by atoms with E-state index in [9.17, 15) is 13.2 Å². The minimum Gasteiger partial charge on any atom is -0.474 e. The molecule has 0 unspecified atom stereocenters. The van der Waals surface area contributed by atoms with E-state index < -0.39 is 30.9 Å². The first-order chi connectivity index (χ1) is 10.1. The van der Waals surface area contributed by atoms with E-state index in [1.165, 1.54) is 6.07 Å². The zero-order valence-corrected chi connectivity index (χ0v) is 10.6. The van der Waals surface area contributed by atoms with Crippen LogP contribution in [0.25, 0.3) is 0 Å². The van der Waals surface area contributed by atoms with Crippen LogP contribution < -0.4 is 4.74 Å². The molecule has 0 saturated heterocycles. The summed E-state index contributed by atoms with van der Waals surface area (Å²) in [4.78, 5) is 7.37. The third-order valence-electron chi connectivity index (χ3n) is 3.10. The van der Waals surface area contributed by atoms with Crippen LogP contribution >= 0.6 is 11.6 Å². The monoisotopic (exact) mass is 297 g/mol. The maximum absolute atomic E-state index is 12.6. The average Bonchev–Trinajstić information content (AvgIpc) is 2.36. The van der Waals surface area contributed by atoms with Gasteiger partial charge in [-0.3, -0.25) is 0 Å². The van der Waals surface area contributed by atoms with E-state index in [-0.39, 0.29) is 36.7 Å². The Bertz CT molecular complexity index is 531. The van der Waals surface area contributed by atoms with Gasteiger partial charge in [-0.1, -0.05) is 11.6 Å². The van der Waals surface area contributed by atoms with Gasteiger partial charge in [0, 0.05) is 10.2 Å². The molecule has 0 spiro atoms. The summed E-state index contributed by atoms with van der Waals surface area (Å²) in [5.41, 5.74) is 0. The molecule has 7 heteroatoms. The zero-order chi connectivity index (χ0) is 16.5. The second-order valence-corrected chi connectivity index (χ2v) is 4.87. The minimum atomic E-state index is -4.18. The molecule has 19 heavy (non-hydrogen) atoms. The topological polar surface area (TPSA) is 35.0 Å². The molecule has 1 fully saturated rings. The second kappa shape index (κ2) is 5.53. The Kier molecular flexibility index (Phi) is 3.12. The van der Waals surface area contributed by atoms with Crippen molar-refractivity contribution in [2.45, 2.75) is 44.8 Å². The summed E-state index contributed by atoms with van der Waals surface area (Å²) in [5.74, 6) is -1.78. The van der Waals surface area contributed by atoms with E-state index in [0.29, 0.717) is 0 Å². The summed E-state index contributed by atoms with van der Waals surface area (Å²) in [6, 6.07) is 1.26. The van der Waals surface area contributed by atoms with Crippen molar-refractivity contribution in [2.24, 2.45) is 5.92 Å². The van der Waals surface area contributed by atoms with Gasteiger partial charge in [-0.2, -0.15) is 18.2 Å². The van der Waals surface area contributed by atoms with Crippen LogP contribution in [0.3, 0.4) is 0 Å². The van der Waals surface area contributed by atoms with Gasteiger partial charge in [0.1, 0.15) is 17.1 Å². The lowest BCUT2D eigenvalue weighted by atomic mass is 9.87. The lowest BCUT2D eigenvalue weighted by molar-refractivity contribution is -0.185. The molecule has 0 N–H and O–H groups in total. The molecule has 3 nitrogen and oxygen atoms in total. The number of hydrogen-bond acceptors (Lipinski definition) is 3. The third kappa shape index (κ3) is 3.96. The Morgan fingerprint density at radius 2 is 2.00 bits per heavy atom. The van der Waals surface area contributed by atoms with E-state index in [0.717, 1.165) is 0 Å². The van der Waals surface area contributed by atoms with Crippen LogP contribution in [0.1, 0.15) is 35.6 Å². The summed E-state index contributed by atoms with van der Waals surface area (Å²) in [6.07, 6.45) is -4.19. The second-order valence-electron chi connectivity index (χ2n) is 4.49. The van der Waals surface area contributed by atoms with E-state index in [1.807, 2.05) is 0 Å². The molecule has 106 valence electrons. The van der Waals surface area contributed by atoms with Gasteiger partial charge in [-0.15, -0.1) is 0 Å². The van der Waals surface area contributed by atoms with Gasteiger partial charge in [-0.25, -0.2) is 4.98 Å². The van der Waals surface area contributed by atoms with Crippen molar-refractivity contribution in [1.29, 1.82) is 0 Å². The minimum absolute atomic E-state index is 0.0148. The van der Waals surface area contributed by atoms with E-state index in [1.54, 1.807) is 0 Å². The predicted molar refractivity (Wildman–Crippen MR) is 64.2 cm³/mol. The number of aromatic nitrogens is 2. The van der Waals surface area contributed by atoms with Gasteiger partial charge < -0.3 is 4.74 Å². The Balaban J connectivity index is 2.02. The van der Waals surface area contributed by atoms with Crippen LogP contribution in [-0.4, -0.2) is 22.2 Å². The first kappa shape index (κ1) is 10.7. The average molecular weight is 298 g/mol. The van der Waals surface area contributed by atoms with Gasteiger partial charge in [0.15, 0.2) is 0 Å². The highest BCUT2D eigenvalue weighted by molar-refractivity contribution is 6.29. The van der Waals surface area contributed by atoms with Gasteiger partial charge in [0.25, 0.3) is 0 Å². The lowest BCUT2D eigenvalue weighted by Crippen LogP contribution is -2.32. The van der Waals surface area contributed by atoms with Crippen molar-refractivity contribution in [1.82, 2.24) is 9.97 Å². The lowest BCUT2D eigenvalue weighted by Gasteiger charge is -2.29. The zero-order valence-electron chi connectivity index (χ0n) is 12.9. The molecule has 0 bridgehead atoms. The Labute approximate surface area is 118 Å². The first-order valence-electron chi connectivity index (χ1n) is 7.34. The Morgan fingerprint density at radius 3 is 2.58 bits per heavy atom. The molecular formula is C12H14ClF3N2O. The molecule has 1 heterocycles. The normalized spacial score (nSPS) is 27.3. The molecule has 0 amide bonds. The van der Waals surface area contributed by atoms with Gasteiger partial charge in [0.2, 0.25) is 5.88 Å². The van der Waals surface area contributed by atoms with Gasteiger partial charge in [0.05, 0.1) is 5.92 Å². The fourth-order valence-electron chi connectivity index (χ4n) is 2.14. The van der Waals surface area contributed by atoms with Crippen molar-refractivity contribution in [2.75, 3.05) is 0 Å². The number of ether oxygens (including phenoxy) is 1. The molecule has 1 aliphatic carbocycles. The maximum Gasteiger partial charge on any atom is 0.391 e. The Morgan fingerprint density at radius 1 is 1.32 bits per heavy atom. The van der Waals surface area contributed by atoms with Crippen molar-refractivity contribution in [3.8, 4) is 5.88 Å². The maximum atomic E-state index is 12.6. The number of nitrogens with zero attached hydrogens (tertiary/aromatic N) is 2. The van der Waals surface area contributed by atoms with Crippen LogP contribution in [0, 0.1) is 12.8 Å². The molecule has 0 aliphatic heterocycles. The number of alkyl halides is 3. The summed E-state index contributed by atoms with van der Waals surface area (Å²) in [6.45, 7) is -2.53. The first-order valence-corrected chi connectivity index (χ1v) is 6.22. The molecular weight excluding hydrogens is 281 g/mol. The summed E-state index contributed by atoms with van der Waals surface area (Å²) < 4.78 is 65.0. The standard InChI is InChI=1S/C12H14ClF3N2O/c1-7-17-10(13)6-11(18-7)19-9-4-2-8(3-5-9)12(14,15)16/h6,8-9H,2-5H2,1H3/i1D3. The number of rotatable bonds is 2. The Hall–Kier alpha value is -1.04. The SMILES string of the molecule is [2H]C([2H])([2H])c1nc(Cl)cc(OC2CCC(C(F)(F)F)CC2)n1. The molecule has 0 radical (unpaired) electrons. The third-order valence-corrected chi connectivity index (χ3v) is 3.29. The molecule has 1 aliphatic rings. The van der Waals surface area contributed by atoms with Crippen LogP contribution in [0.15, 0.2) is 6.07 Å². The number of halogens is 4. The van der Waals surface area contributed by atoms with Crippen LogP contribution in [0.5, 0.6) is 5.88 Å². The molecule has 0 atom stereocenters. The van der Waals surface area contributed by atoms with Crippen molar-refractivity contribution in [3.63, 3.8) is 0 Å².